The summed E-state index contributed by atoms with van der Waals surface area (Å²) in [5, 5.41) is 11.7. The maximum Gasteiger partial charge on any atom is 0.304 e. The standard InChI is InChI=1S/C24H31NO3.ClH/c1-20(15-17-25-18-16-24(26)27)22-11-13-23(14-12-22)28-19-7-3-6-10-21-8-4-2-5-9-21;/h2,4-5,8-9,11-15,25H,3,6-7,10,16-19H2,1H3,(H,26,27);1H. The lowest BCUT2D eigenvalue weighted by Gasteiger charge is -2.08. The van der Waals surface area contributed by atoms with Crippen molar-refractivity contribution in [2.24, 2.45) is 0 Å². The zero-order valence-corrected chi connectivity index (χ0v) is 17.9. The van der Waals surface area contributed by atoms with Crippen LogP contribution < -0.4 is 10.1 Å². The van der Waals surface area contributed by atoms with Crippen molar-refractivity contribution in [2.45, 2.75) is 39.0 Å². The first-order chi connectivity index (χ1) is 13.6. The van der Waals surface area contributed by atoms with E-state index in [0.717, 1.165) is 36.3 Å². The largest absolute Gasteiger partial charge is 0.494 e. The number of rotatable bonds is 13. The van der Waals surface area contributed by atoms with E-state index in [0.29, 0.717) is 13.1 Å². The molecule has 4 nitrogen and oxygen atoms in total. The Kier molecular flexibility index (Phi) is 12.5. The van der Waals surface area contributed by atoms with Crippen molar-refractivity contribution in [3.63, 3.8) is 0 Å². The molecule has 5 heteroatoms. The van der Waals surface area contributed by atoms with Crippen LogP contribution in [0.2, 0.25) is 0 Å². The van der Waals surface area contributed by atoms with Crippen molar-refractivity contribution >= 4 is 23.9 Å². The smallest absolute Gasteiger partial charge is 0.304 e. The predicted octanol–water partition coefficient (Wildman–Crippen LogP) is 5.37. The van der Waals surface area contributed by atoms with Gasteiger partial charge in [-0.15, -0.1) is 12.4 Å². The summed E-state index contributed by atoms with van der Waals surface area (Å²) in [5.74, 6) is 0.124. The summed E-state index contributed by atoms with van der Waals surface area (Å²) in [6, 6.07) is 18.7. The minimum absolute atomic E-state index is 0. The molecule has 2 aromatic carbocycles. The Bertz CT molecular complexity index is 730. The third-order valence-electron chi connectivity index (χ3n) is 4.60. The highest BCUT2D eigenvalue weighted by atomic mass is 35.5. The van der Waals surface area contributed by atoms with Crippen LogP contribution in [0.3, 0.4) is 0 Å². The van der Waals surface area contributed by atoms with E-state index in [4.69, 9.17) is 9.84 Å². The molecule has 2 aromatic rings. The highest BCUT2D eigenvalue weighted by Crippen LogP contribution is 2.18. The van der Waals surface area contributed by atoms with Crippen molar-refractivity contribution in [3.05, 3.63) is 71.8 Å². The predicted molar refractivity (Wildman–Crippen MR) is 122 cm³/mol. The Hall–Kier alpha value is -2.30. The van der Waals surface area contributed by atoms with Gasteiger partial charge >= 0.3 is 5.97 Å². The maximum absolute atomic E-state index is 10.5. The quantitative estimate of drug-likeness (QED) is 0.430. The molecule has 29 heavy (non-hydrogen) atoms. The highest BCUT2D eigenvalue weighted by molar-refractivity contribution is 5.85. The van der Waals surface area contributed by atoms with E-state index >= 15 is 0 Å². The second kappa shape index (κ2) is 14.7. The minimum atomic E-state index is -0.778. The Labute approximate surface area is 180 Å². The number of allylic oxidation sites excluding steroid dienone is 1. The lowest BCUT2D eigenvalue weighted by molar-refractivity contribution is -0.136. The Morgan fingerprint density at radius 3 is 2.45 bits per heavy atom. The van der Waals surface area contributed by atoms with E-state index in [1.54, 1.807) is 0 Å². The molecular weight excluding hydrogens is 386 g/mol. The molecule has 0 bridgehead atoms. The second-order valence-electron chi connectivity index (χ2n) is 6.90. The molecule has 0 fully saturated rings. The summed E-state index contributed by atoms with van der Waals surface area (Å²) >= 11 is 0. The van der Waals surface area contributed by atoms with Crippen LogP contribution in [0.15, 0.2) is 60.7 Å². The molecule has 0 aliphatic heterocycles. The van der Waals surface area contributed by atoms with Gasteiger partial charge in [0.15, 0.2) is 0 Å². The number of hydrogen-bond acceptors (Lipinski definition) is 3. The number of benzene rings is 2. The lowest BCUT2D eigenvalue weighted by atomic mass is 10.1. The van der Waals surface area contributed by atoms with Gasteiger partial charge in [-0.3, -0.25) is 4.79 Å². The van der Waals surface area contributed by atoms with E-state index in [1.165, 1.54) is 18.4 Å². The third-order valence-corrected chi connectivity index (χ3v) is 4.60. The van der Waals surface area contributed by atoms with Gasteiger partial charge in [-0.1, -0.05) is 48.5 Å². The fourth-order valence-electron chi connectivity index (χ4n) is 2.90. The van der Waals surface area contributed by atoms with Gasteiger partial charge in [0.05, 0.1) is 13.0 Å². The van der Waals surface area contributed by atoms with Crippen LogP contribution in [0.25, 0.3) is 5.57 Å². The van der Waals surface area contributed by atoms with Crippen molar-refractivity contribution in [3.8, 4) is 5.75 Å². The second-order valence-corrected chi connectivity index (χ2v) is 6.90. The molecule has 0 aliphatic rings. The average molecular weight is 418 g/mol. The summed E-state index contributed by atoms with van der Waals surface area (Å²) in [5.41, 5.74) is 3.71. The molecule has 0 atom stereocenters. The summed E-state index contributed by atoms with van der Waals surface area (Å²) < 4.78 is 5.84. The summed E-state index contributed by atoms with van der Waals surface area (Å²) in [6.07, 6.45) is 6.78. The number of unbranched alkanes of at least 4 members (excludes halogenated alkanes) is 2. The topological polar surface area (TPSA) is 58.6 Å². The van der Waals surface area contributed by atoms with Gasteiger partial charge in [0, 0.05) is 13.1 Å². The Balaban J connectivity index is 0.00000420. The molecule has 0 spiro atoms. The normalized spacial score (nSPS) is 11.0. The lowest BCUT2D eigenvalue weighted by Crippen LogP contribution is -2.18. The molecule has 0 heterocycles. The van der Waals surface area contributed by atoms with Crippen LogP contribution in [0, 0.1) is 0 Å². The molecule has 0 radical (unpaired) electrons. The number of carboxylic acid groups (broad SMARTS) is 1. The third kappa shape index (κ3) is 10.7. The number of hydrogen-bond donors (Lipinski definition) is 2. The number of carbonyl (C=O) groups is 1. The molecule has 0 aliphatic carbocycles. The first-order valence-electron chi connectivity index (χ1n) is 10.0. The van der Waals surface area contributed by atoms with Gasteiger partial charge in [0.25, 0.3) is 0 Å². The van der Waals surface area contributed by atoms with Crippen LogP contribution in [0.4, 0.5) is 0 Å². The number of halogens is 1. The van der Waals surface area contributed by atoms with Crippen molar-refractivity contribution in [1.82, 2.24) is 5.32 Å². The molecule has 0 saturated carbocycles. The van der Waals surface area contributed by atoms with Gasteiger partial charge in [0.2, 0.25) is 0 Å². The van der Waals surface area contributed by atoms with Crippen LogP contribution in [-0.4, -0.2) is 30.8 Å². The van der Waals surface area contributed by atoms with Crippen LogP contribution >= 0.6 is 12.4 Å². The van der Waals surface area contributed by atoms with Gasteiger partial charge in [-0.2, -0.15) is 0 Å². The Morgan fingerprint density at radius 2 is 1.76 bits per heavy atom. The fraction of sp³-hybridized carbons (Fsp3) is 0.375. The first kappa shape index (κ1) is 24.7. The van der Waals surface area contributed by atoms with E-state index in [1.807, 2.05) is 12.1 Å². The van der Waals surface area contributed by atoms with Crippen LogP contribution in [-0.2, 0) is 11.2 Å². The van der Waals surface area contributed by atoms with E-state index in [9.17, 15) is 4.79 Å². The summed E-state index contributed by atoms with van der Waals surface area (Å²) in [7, 11) is 0. The Morgan fingerprint density at radius 1 is 1.03 bits per heavy atom. The molecule has 158 valence electrons. The monoisotopic (exact) mass is 417 g/mol. The van der Waals surface area contributed by atoms with Crippen molar-refractivity contribution in [2.75, 3.05) is 19.7 Å². The molecule has 2 N–H and O–H groups in total. The number of nitrogens with one attached hydrogen (secondary N) is 1. The number of carboxylic acids is 1. The SMILES string of the molecule is CC(=CCNCCC(=O)O)c1ccc(OCCCCCc2ccccc2)cc1.Cl. The number of aryl methyl sites for hydroxylation is 1. The molecule has 0 unspecified atom stereocenters. The zero-order chi connectivity index (χ0) is 20.0. The fourth-order valence-corrected chi connectivity index (χ4v) is 2.90. The minimum Gasteiger partial charge on any atom is -0.494 e. The van der Waals surface area contributed by atoms with Gasteiger partial charge in [-0.25, -0.2) is 0 Å². The van der Waals surface area contributed by atoms with Gasteiger partial charge < -0.3 is 15.2 Å². The van der Waals surface area contributed by atoms with Gasteiger partial charge in [0.1, 0.15) is 5.75 Å². The van der Waals surface area contributed by atoms with Crippen molar-refractivity contribution < 1.29 is 14.6 Å². The molecule has 0 amide bonds. The van der Waals surface area contributed by atoms with Crippen LogP contribution in [0.1, 0.15) is 43.7 Å². The first-order valence-corrected chi connectivity index (χ1v) is 10.0. The zero-order valence-electron chi connectivity index (χ0n) is 17.1. The molecule has 2 rings (SSSR count). The van der Waals surface area contributed by atoms with Crippen molar-refractivity contribution in [1.29, 1.82) is 0 Å². The maximum atomic E-state index is 10.5. The summed E-state index contributed by atoms with van der Waals surface area (Å²) in [4.78, 5) is 10.5. The highest BCUT2D eigenvalue weighted by Gasteiger charge is 1.99. The van der Waals surface area contributed by atoms with Gasteiger partial charge in [-0.05, 0) is 61.4 Å². The number of aliphatic carboxylic acids is 1. The van der Waals surface area contributed by atoms with E-state index < -0.39 is 5.97 Å². The molecule has 0 saturated heterocycles. The van der Waals surface area contributed by atoms with Crippen LogP contribution in [0.5, 0.6) is 5.75 Å². The molecular formula is C24H32ClNO3. The number of ether oxygens (including phenoxy) is 1. The van der Waals surface area contributed by atoms with E-state index in [-0.39, 0.29) is 18.8 Å². The average Bonchev–Trinajstić information content (AvgIpc) is 2.71. The molecule has 0 aromatic heterocycles. The van der Waals surface area contributed by atoms with E-state index in [2.05, 4.69) is 60.8 Å². The summed E-state index contributed by atoms with van der Waals surface area (Å²) in [6.45, 7) is 3.95.